The molecule has 0 bridgehead atoms. The van der Waals surface area contributed by atoms with E-state index in [-0.39, 0.29) is 10.8 Å². The van der Waals surface area contributed by atoms with Gasteiger partial charge in [-0.05, 0) is 36.6 Å². The van der Waals surface area contributed by atoms with E-state index < -0.39 is 9.84 Å². The highest BCUT2D eigenvalue weighted by Gasteiger charge is 2.13. The molecule has 2 aromatic carbocycles. The van der Waals surface area contributed by atoms with E-state index >= 15 is 0 Å². The topological polar surface area (TPSA) is 77.7 Å². The molecule has 1 amide bonds. The minimum absolute atomic E-state index is 0.179. The first-order valence-corrected chi connectivity index (χ1v) is 12.0. The van der Waals surface area contributed by atoms with Gasteiger partial charge in [-0.15, -0.1) is 0 Å². The third-order valence-electron chi connectivity index (χ3n) is 4.52. The van der Waals surface area contributed by atoms with Gasteiger partial charge in [0.25, 0.3) is 0 Å². The minimum Gasteiger partial charge on any atom is -0.383 e. The molecule has 0 atom stereocenters. The molecule has 1 heterocycles. The fraction of sp³-hybridized carbons (Fsp3) is 0.333. The number of methoxy groups -OCH3 is 1. The number of ether oxygens (including phenoxy) is 1. The average Bonchev–Trinajstić information content (AvgIpc) is 3.02. The van der Waals surface area contributed by atoms with Gasteiger partial charge in [0.1, 0.15) is 0 Å². The summed E-state index contributed by atoms with van der Waals surface area (Å²) >= 11 is 1.32. The number of rotatable bonds is 8. The van der Waals surface area contributed by atoms with Crippen LogP contribution in [0.25, 0.3) is 10.2 Å². The van der Waals surface area contributed by atoms with Crippen LogP contribution in [0.3, 0.4) is 0 Å². The highest BCUT2D eigenvalue weighted by atomic mass is 32.2. The molecule has 29 heavy (non-hydrogen) atoms. The molecule has 0 unspecified atom stereocenters. The molecular formula is C21H24N2O4S2. The lowest BCUT2D eigenvalue weighted by Gasteiger charge is -2.05. The van der Waals surface area contributed by atoms with Crippen molar-refractivity contribution in [3.05, 3.63) is 58.9 Å². The summed E-state index contributed by atoms with van der Waals surface area (Å²) in [5, 5.41) is 0. The van der Waals surface area contributed by atoms with Crippen molar-refractivity contribution in [2.24, 2.45) is 4.99 Å². The van der Waals surface area contributed by atoms with Gasteiger partial charge in [-0.3, -0.25) is 4.79 Å². The summed E-state index contributed by atoms with van der Waals surface area (Å²) in [6.45, 7) is 1.000. The monoisotopic (exact) mass is 432 g/mol. The molecule has 0 saturated carbocycles. The molecule has 0 aliphatic carbocycles. The van der Waals surface area contributed by atoms with Gasteiger partial charge < -0.3 is 9.30 Å². The van der Waals surface area contributed by atoms with Gasteiger partial charge in [0.05, 0.1) is 21.7 Å². The summed E-state index contributed by atoms with van der Waals surface area (Å²) in [5.41, 5.74) is 2.04. The smallest absolute Gasteiger partial charge is 0.248 e. The van der Waals surface area contributed by atoms with Crippen molar-refractivity contribution in [1.82, 2.24) is 4.57 Å². The number of amides is 1. The second-order valence-corrected chi connectivity index (χ2v) is 9.80. The second kappa shape index (κ2) is 9.47. The van der Waals surface area contributed by atoms with E-state index in [4.69, 9.17) is 4.74 Å². The molecular weight excluding hydrogens is 408 g/mol. The van der Waals surface area contributed by atoms with Crippen molar-refractivity contribution < 1.29 is 17.9 Å². The van der Waals surface area contributed by atoms with Crippen LogP contribution in [0.1, 0.15) is 18.4 Å². The van der Waals surface area contributed by atoms with Crippen molar-refractivity contribution in [2.75, 3.05) is 20.0 Å². The van der Waals surface area contributed by atoms with Crippen LogP contribution in [-0.4, -0.2) is 38.9 Å². The van der Waals surface area contributed by atoms with Gasteiger partial charge in [-0.25, -0.2) is 8.42 Å². The third kappa shape index (κ3) is 5.62. The van der Waals surface area contributed by atoms with Gasteiger partial charge in [0.15, 0.2) is 14.6 Å². The normalized spacial score (nSPS) is 12.6. The molecule has 0 spiro atoms. The fourth-order valence-electron chi connectivity index (χ4n) is 3.02. The molecule has 3 rings (SSSR count). The largest absolute Gasteiger partial charge is 0.383 e. The van der Waals surface area contributed by atoms with Crippen molar-refractivity contribution in [2.45, 2.75) is 30.7 Å². The lowest BCUT2D eigenvalue weighted by Crippen LogP contribution is -2.19. The van der Waals surface area contributed by atoms with Crippen molar-refractivity contribution >= 4 is 37.3 Å². The van der Waals surface area contributed by atoms with E-state index in [0.29, 0.717) is 24.4 Å². The lowest BCUT2D eigenvalue weighted by molar-refractivity contribution is -0.118. The molecule has 0 fully saturated rings. The maximum absolute atomic E-state index is 12.4. The summed E-state index contributed by atoms with van der Waals surface area (Å²) in [7, 11) is -1.69. The van der Waals surface area contributed by atoms with Gasteiger partial charge in [0, 0.05) is 26.3 Å². The number of hydrogen-bond donors (Lipinski definition) is 0. The Hall–Kier alpha value is -2.29. The molecule has 1 aromatic heterocycles. The average molecular weight is 433 g/mol. The third-order valence-corrected chi connectivity index (χ3v) is 6.67. The molecule has 3 aromatic rings. The summed E-state index contributed by atoms with van der Waals surface area (Å²) in [6.07, 6.45) is 3.10. The molecule has 0 N–H and O–H groups in total. The predicted molar refractivity (Wildman–Crippen MR) is 115 cm³/mol. The van der Waals surface area contributed by atoms with Crippen LogP contribution < -0.4 is 4.80 Å². The molecule has 154 valence electrons. The van der Waals surface area contributed by atoms with Gasteiger partial charge in [-0.1, -0.05) is 41.7 Å². The quantitative estimate of drug-likeness (QED) is 0.548. The van der Waals surface area contributed by atoms with E-state index in [1.165, 1.54) is 23.2 Å². The molecule has 6 nitrogen and oxygen atoms in total. The van der Waals surface area contributed by atoms with Crippen molar-refractivity contribution in [3.63, 3.8) is 0 Å². The maximum atomic E-state index is 12.4. The zero-order valence-corrected chi connectivity index (χ0v) is 18.1. The highest BCUT2D eigenvalue weighted by molar-refractivity contribution is 7.90. The zero-order valence-electron chi connectivity index (χ0n) is 16.5. The Morgan fingerprint density at radius 2 is 1.93 bits per heavy atom. The Bertz CT molecular complexity index is 1160. The van der Waals surface area contributed by atoms with Crippen molar-refractivity contribution in [3.8, 4) is 0 Å². The van der Waals surface area contributed by atoms with Crippen LogP contribution in [0.15, 0.2) is 58.4 Å². The first kappa shape index (κ1) is 21.4. The van der Waals surface area contributed by atoms with Crippen LogP contribution in [0.4, 0.5) is 0 Å². The summed E-state index contributed by atoms with van der Waals surface area (Å²) in [5.74, 6) is -0.179. The standard InChI is InChI=1S/C21H24N2O4S2/c1-27-14-13-23-18-12-11-17(29(2,25)26)15-19(18)28-21(23)22-20(24)10-6-9-16-7-4-3-5-8-16/h3-5,7-8,11-12,15H,6,9-10,13-14H2,1-2H3. The number of aryl methyl sites for hydroxylation is 1. The van der Waals surface area contributed by atoms with Gasteiger partial charge in [0.2, 0.25) is 5.91 Å². The van der Waals surface area contributed by atoms with Crippen LogP contribution in [-0.2, 0) is 32.3 Å². The molecule has 0 aliphatic rings. The maximum Gasteiger partial charge on any atom is 0.248 e. The first-order valence-electron chi connectivity index (χ1n) is 9.32. The Balaban J connectivity index is 1.86. The fourth-order valence-corrected chi connectivity index (χ4v) is 4.85. The SMILES string of the molecule is COCCn1c(=NC(=O)CCCc2ccccc2)sc2cc(S(C)(=O)=O)ccc21. The number of carbonyl (C=O) groups is 1. The Morgan fingerprint density at radius 1 is 1.17 bits per heavy atom. The first-order chi connectivity index (χ1) is 13.9. The number of benzene rings is 2. The van der Waals surface area contributed by atoms with Gasteiger partial charge in [-0.2, -0.15) is 4.99 Å². The molecule has 0 aliphatic heterocycles. The Labute approximate surface area is 174 Å². The van der Waals surface area contributed by atoms with E-state index in [1.807, 2.05) is 34.9 Å². The minimum atomic E-state index is -3.30. The summed E-state index contributed by atoms with van der Waals surface area (Å²) < 4.78 is 31.6. The molecule has 0 saturated heterocycles. The number of nitrogens with zero attached hydrogens (tertiary/aromatic N) is 2. The number of sulfone groups is 1. The number of thiazole rings is 1. The van der Waals surface area contributed by atoms with Crippen LogP contribution in [0.2, 0.25) is 0 Å². The van der Waals surface area contributed by atoms with Crippen molar-refractivity contribution in [1.29, 1.82) is 0 Å². The Morgan fingerprint density at radius 3 is 2.62 bits per heavy atom. The number of hydrogen-bond acceptors (Lipinski definition) is 5. The van der Waals surface area contributed by atoms with E-state index in [2.05, 4.69) is 4.99 Å². The predicted octanol–water partition coefficient (Wildman–Crippen LogP) is 3.20. The molecule has 0 radical (unpaired) electrons. The number of fused-ring (bicyclic) bond motifs is 1. The highest BCUT2D eigenvalue weighted by Crippen LogP contribution is 2.22. The molecule has 8 heteroatoms. The van der Waals surface area contributed by atoms with E-state index in [9.17, 15) is 13.2 Å². The van der Waals surface area contributed by atoms with Gasteiger partial charge >= 0.3 is 0 Å². The van der Waals surface area contributed by atoms with E-state index in [1.54, 1.807) is 25.3 Å². The van der Waals surface area contributed by atoms with Crippen LogP contribution in [0.5, 0.6) is 0 Å². The lowest BCUT2D eigenvalue weighted by atomic mass is 10.1. The van der Waals surface area contributed by atoms with E-state index in [0.717, 1.165) is 23.1 Å². The van der Waals surface area contributed by atoms with Crippen LogP contribution >= 0.6 is 11.3 Å². The Kier molecular flexibility index (Phi) is 7.00. The number of carbonyl (C=O) groups excluding carboxylic acids is 1. The summed E-state index contributed by atoms with van der Waals surface area (Å²) in [6, 6.07) is 15.0. The second-order valence-electron chi connectivity index (χ2n) is 6.78. The zero-order chi connectivity index (χ0) is 20.9. The number of aromatic nitrogens is 1. The van der Waals surface area contributed by atoms with Crippen LogP contribution in [0, 0.1) is 0 Å². The summed E-state index contributed by atoms with van der Waals surface area (Å²) in [4.78, 5) is 17.6.